The van der Waals surface area contributed by atoms with Crippen LogP contribution in [0.5, 0.6) is 0 Å². The van der Waals surface area contributed by atoms with Crippen LogP contribution in [0, 0.1) is 0 Å². The van der Waals surface area contributed by atoms with E-state index in [9.17, 15) is 0 Å². The molecule has 0 fully saturated rings. The first-order valence-corrected chi connectivity index (χ1v) is 7.29. The summed E-state index contributed by atoms with van der Waals surface area (Å²) in [4.78, 5) is 11.6. The molecule has 2 heterocycles. The van der Waals surface area contributed by atoms with Gasteiger partial charge in [-0.1, -0.05) is 17.7 Å². The molecule has 5 nitrogen and oxygen atoms in total. The average Bonchev–Trinajstić information content (AvgIpc) is 2.89. The van der Waals surface area contributed by atoms with Gasteiger partial charge in [-0.3, -0.25) is 0 Å². The Labute approximate surface area is 134 Å². The van der Waals surface area contributed by atoms with Gasteiger partial charge >= 0.3 is 0 Å². The molecule has 22 heavy (non-hydrogen) atoms. The van der Waals surface area contributed by atoms with Crippen molar-refractivity contribution in [3.05, 3.63) is 35.0 Å². The summed E-state index contributed by atoms with van der Waals surface area (Å²) < 4.78 is 0. The van der Waals surface area contributed by atoms with Crippen LogP contribution in [0.25, 0.3) is 17.3 Å². The van der Waals surface area contributed by atoms with Crippen molar-refractivity contribution in [3.63, 3.8) is 0 Å². The van der Waals surface area contributed by atoms with Gasteiger partial charge in [-0.05, 0) is 38.8 Å². The molecule has 0 unspecified atom stereocenters. The van der Waals surface area contributed by atoms with Crippen LogP contribution in [0.3, 0.4) is 0 Å². The highest BCUT2D eigenvalue weighted by Gasteiger charge is 2.12. The number of anilines is 1. The number of pyridine rings is 1. The fraction of sp³-hybridized carbons (Fsp3) is 0.250. The predicted molar refractivity (Wildman–Crippen MR) is 92.9 cm³/mol. The minimum Gasteiger partial charge on any atom is -0.394 e. The van der Waals surface area contributed by atoms with E-state index in [2.05, 4.69) is 27.0 Å². The van der Waals surface area contributed by atoms with Crippen LogP contribution in [0.15, 0.2) is 34.4 Å². The highest BCUT2D eigenvalue weighted by molar-refractivity contribution is 6.31. The molecule has 0 aromatic carbocycles. The van der Waals surface area contributed by atoms with Gasteiger partial charge in [0.15, 0.2) is 0 Å². The Bertz CT molecular complexity index is 689. The molecule has 2 aromatic heterocycles. The Kier molecular flexibility index (Phi) is 5.35. The summed E-state index contributed by atoms with van der Waals surface area (Å²) in [7, 11) is 0. The monoisotopic (exact) mass is 318 g/mol. The highest BCUT2D eigenvalue weighted by Crippen LogP contribution is 2.32. The topological polar surface area (TPSA) is 73.3 Å². The second-order valence-electron chi connectivity index (χ2n) is 4.99. The number of hydrogen-bond donors (Lipinski definition) is 3. The molecule has 2 aromatic rings. The number of H-pyrrole nitrogens is 1. The van der Waals surface area contributed by atoms with Gasteiger partial charge in [0.1, 0.15) is 11.6 Å². The highest BCUT2D eigenvalue weighted by atomic mass is 35.5. The maximum Gasteiger partial charge on any atom is 0.137 e. The summed E-state index contributed by atoms with van der Waals surface area (Å²) in [6.07, 6.45) is 3.66. The molecule has 0 spiro atoms. The third-order valence-electron chi connectivity index (χ3n) is 3.09. The molecule has 1 atom stereocenters. The second kappa shape index (κ2) is 7.24. The zero-order chi connectivity index (χ0) is 16.1. The Morgan fingerprint density at radius 2 is 2.36 bits per heavy atom. The summed E-state index contributed by atoms with van der Waals surface area (Å²) in [5, 5.41) is 12.9. The Morgan fingerprint density at radius 3 is 3.00 bits per heavy atom. The maximum atomic E-state index is 9.12. The van der Waals surface area contributed by atoms with Crippen molar-refractivity contribution in [1.29, 1.82) is 0 Å². The molecule has 0 radical (unpaired) electrons. The van der Waals surface area contributed by atoms with Gasteiger partial charge in [-0.2, -0.15) is 0 Å². The van der Waals surface area contributed by atoms with Crippen molar-refractivity contribution in [1.82, 2.24) is 9.97 Å². The molecule has 3 N–H and O–H groups in total. The van der Waals surface area contributed by atoms with Crippen LogP contribution < -0.4 is 5.32 Å². The van der Waals surface area contributed by atoms with E-state index >= 15 is 0 Å². The number of rotatable bonds is 6. The van der Waals surface area contributed by atoms with Crippen molar-refractivity contribution in [2.75, 3.05) is 11.9 Å². The zero-order valence-corrected chi connectivity index (χ0v) is 13.4. The van der Waals surface area contributed by atoms with E-state index in [1.54, 1.807) is 6.92 Å². The fourth-order valence-electron chi connectivity index (χ4n) is 2.07. The summed E-state index contributed by atoms with van der Waals surface area (Å²) in [6.45, 7) is 7.29. The van der Waals surface area contributed by atoms with E-state index in [4.69, 9.17) is 16.7 Å². The number of allylic oxidation sites excluding steroid dienone is 1. The average molecular weight is 319 g/mol. The Morgan fingerprint density at radius 1 is 1.59 bits per heavy atom. The van der Waals surface area contributed by atoms with E-state index in [0.29, 0.717) is 16.7 Å². The number of aliphatic hydroxyl groups excluding tert-OH is 1. The van der Waals surface area contributed by atoms with E-state index in [-0.39, 0.29) is 12.6 Å². The molecule has 0 aliphatic rings. The summed E-state index contributed by atoms with van der Waals surface area (Å²) in [5.41, 5.74) is 2.52. The van der Waals surface area contributed by atoms with Crippen molar-refractivity contribution in [3.8, 4) is 11.3 Å². The summed E-state index contributed by atoms with van der Waals surface area (Å²) >= 11 is 6.00. The van der Waals surface area contributed by atoms with Gasteiger partial charge in [-0.15, -0.1) is 0 Å². The predicted octanol–water partition coefficient (Wildman–Crippen LogP) is 3.80. The SMILES string of the molecule is C=Nc1[nH]cc(-c2cccc(N[C@@H](C)CO)n2)c1/C=C(\C)Cl. The van der Waals surface area contributed by atoms with E-state index in [1.165, 1.54) is 0 Å². The van der Waals surface area contributed by atoms with Gasteiger partial charge in [0.05, 0.1) is 12.3 Å². The van der Waals surface area contributed by atoms with Crippen LogP contribution in [0.2, 0.25) is 0 Å². The first-order chi connectivity index (χ1) is 10.5. The first-order valence-electron chi connectivity index (χ1n) is 6.92. The van der Waals surface area contributed by atoms with Crippen LogP contribution >= 0.6 is 11.6 Å². The van der Waals surface area contributed by atoms with E-state index < -0.39 is 0 Å². The standard InChI is InChI=1S/C16H19ClN4O/c1-10(17)7-12-13(8-19-16(12)18-3)14-5-4-6-15(21-14)20-11(2)9-22/h4-8,11,19,22H,3,9H2,1-2H3,(H,20,21)/b10-7+/t11-/m0/s1. The quantitative estimate of drug-likeness (QED) is 0.709. The lowest BCUT2D eigenvalue weighted by Crippen LogP contribution is -2.19. The fourth-order valence-corrected chi connectivity index (χ4v) is 2.18. The molecule has 0 saturated carbocycles. The van der Waals surface area contributed by atoms with E-state index in [1.807, 2.05) is 37.4 Å². The lowest BCUT2D eigenvalue weighted by atomic mass is 10.1. The Hall–Kier alpha value is -2.11. The van der Waals surface area contributed by atoms with Gasteiger partial charge in [-0.25, -0.2) is 9.98 Å². The minimum atomic E-state index is -0.0659. The number of halogens is 1. The summed E-state index contributed by atoms with van der Waals surface area (Å²) in [6, 6.07) is 5.61. The van der Waals surface area contributed by atoms with Crippen molar-refractivity contribution < 1.29 is 5.11 Å². The molecule has 0 aliphatic carbocycles. The molecular weight excluding hydrogens is 300 g/mol. The Balaban J connectivity index is 2.44. The van der Waals surface area contributed by atoms with Crippen molar-refractivity contribution >= 4 is 36.0 Å². The second-order valence-corrected chi connectivity index (χ2v) is 5.59. The van der Waals surface area contributed by atoms with Crippen molar-refractivity contribution in [2.24, 2.45) is 4.99 Å². The minimum absolute atomic E-state index is 0.0417. The number of hydrogen-bond acceptors (Lipinski definition) is 4. The van der Waals surface area contributed by atoms with Gasteiger partial charge in [0, 0.05) is 28.4 Å². The lowest BCUT2D eigenvalue weighted by molar-refractivity contribution is 0.281. The zero-order valence-electron chi connectivity index (χ0n) is 12.6. The number of nitrogens with zero attached hydrogens (tertiary/aromatic N) is 2. The molecule has 0 amide bonds. The van der Waals surface area contributed by atoms with Gasteiger partial charge < -0.3 is 15.4 Å². The number of nitrogens with one attached hydrogen (secondary N) is 2. The van der Waals surface area contributed by atoms with E-state index in [0.717, 1.165) is 16.8 Å². The molecule has 2 rings (SSSR count). The normalized spacial score (nSPS) is 13.0. The molecule has 6 heteroatoms. The third kappa shape index (κ3) is 3.75. The molecule has 0 aliphatic heterocycles. The largest absolute Gasteiger partial charge is 0.394 e. The van der Waals surface area contributed by atoms with Crippen LogP contribution in [0.1, 0.15) is 19.4 Å². The lowest BCUT2D eigenvalue weighted by Gasteiger charge is -2.12. The first kappa shape index (κ1) is 16.3. The molecule has 0 saturated heterocycles. The smallest absolute Gasteiger partial charge is 0.137 e. The maximum absolute atomic E-state index is 9.12. The van der Waals surface area contributed by atoms with Gasteiger partial charge in [0.25, 0.3) is 0 Å². The van der Waals surface area contributed by atoms with Crippen LogP contribution in [0.4, 0.5) is 11.6 Å². The number of aromatic nitrogens is 2. The molecule has 116 valence electrons. The molecule has 0 bridgehead atoms. The van der Waals surface area contributed by atoms with Crippen LogP contribution in [-0.4, -0.2) is 34.4 Å². The van der Waals surface area contributed by atoms with Crippen LogP contribution in [-0.2, 0) is 0 Å². The molecular formula is C16H19ClN4O. The number of aliphatic imine (C=N–C) groups is 1. The number of aliphatic hydroxyl groups is 1. The van der Waals surface area contributed by atoms with Gasteiger partial charge in [0.2, 0.25) is 0 Å². The number of aromatic amines is 1. The van der Waals surface area contributed by atoms with Crippen molar-refractivity contribution in [2.45, 2.75) is 19.9 Å². The third-order valence-corrected chi connectivity index (χ3v) is 3.20. The summed E-state index contributed by atoms with van der Waals surface area (Å²) in [5.74, 6) is 1.35.